The van der Waals surface area contributed by atoms with Gasteiger partial charge in [-0.1, -0.05) is 30.3 Å². The van der Waals surface area contributed by atoms with Gasteiger partial charge in [0.05, 0.1) is 5.92 Å². The van der Waals surface area contributed by atoms with Gasteiger partial charge in [-0.05, 0) is 55.9 Å². The van der Waals surface area contributed by atoms with Crippen molar-refractivity contribution in [1.29, 1.82) is 0 Å². The van der Waals surface area contributed by atoms with Crippen molar-refractivity contribution in [3.8, 4) is 0 Å². The van der Waals surface area contributed by atoms with Crippen molar-refractivity contribution in [2.45, 2.75) is 50.5 Å². The van der Waals surface area contributed by atoms with Crippen LogP contribution in [0.25, 0.3) is 0 Å². The van der Waals surface area contributed by atoms with E-state index in [0.717, 1.165) is 19.3 Å². The maximum atomic E-state index is 13.5. The van der Waals surface area contributed by atoms with Gasteiger partial charge in [0.15, 0.2) is 0 Å². The second kappa shape index (κ2) is 11.2. The first-order valence-corrected chi connectivity index (χ1v) is 12.3. The number of amides is 3. The monoisotopic (exact) mass is 473 g/mol. The molecule has 1 aliphatic carbocycles. The largest absolute Gasteiger partial charge is 0.465 e. The Kier molecular flexibility index (Phi) is 8.05. The smallest absolute Gasteiger partial charge is 0.404 e. The predicted octanol–water partition coefficient (Wildman–Crippen LogP) is 2.60. The first-order chi connectivity index (χ1) is 16.5. The quantitative estimate of drug-likeness (QED) is 0.371. The molecule has 9 nitrogen and oxygen atoms in total. The van der Waals surface area contributed by atoms with Gasteiger partial charge in [0, 0.05) is 44.2 Å². The zero-order valence-electron chi connectivity index (χ0n) is 19.4. The van der Waals surface area contributed by atoms with E-state index >= 15 is 0 Å². The molecule has 2 saturated heterocycles. The zero-order valence-corrected chi connectivity index (χ0v) is 19.4. The van der Waals surface area contributed by atoms with Gasteiger partial charge in [0.25, 0.3) is 0 Å². The van der Waals surface area contributed by atoms with Crippen LogP contribution in [0.3, 0.4) is 0 Å². The second-order valence-corrected chi connectivity index (χ2v) is 9.87. The van der Waals surface area contributed by atoms with Gasteiger partial charge < -0.3 is 20.1 Å². The summed E-state index contributed by atoms with van der Waals surface area (Å²) in [5, 5.41) is 21.5. The molecule has 0 radical (unpaired) electrons. The molecular formula is C25H35N3O6. The molecule has 1 saturated carbocycles. The Morgan fingerprint density at radius 1 is 0.971 bits per heavy atom. The average Bonchev–Trinajstić information content (AvgIpc) is 3.37. The van der Waals surface area contributed by atoms with Crippen molar-refractivity contribution < 1.29 is 29.4 Å². The average molecular weight is 474 g/mol. The molecule has 2 unspecified atom stereocenters. The van der Waals surface area contributed by atoms with Crippen LogP contribution in [0.1, 0.15) is 50.0 Å². The lowest BCUT2D eigenvalue weighted by atomic mass is 9.68. The highest BCUT2D eigenvalue weighted by molar-refractivity contribution is 5.87. The minimum absolute atomic E-state index is 0.0423. The molecule has 9 heteroatoms. The van der Waals surface area contributed by atoms with Crippen LogP contribution in [0, 0.1) is 23.7 Å². The molecule has 3 fully saturated rings. The van der Waals surface area contributed by atoms with Crippen LogP contribution in [0.15, 0.2) is 30.3 Å². The number of hydroxylamine groups is 1. The minimum atomic E-state index is -1.08. The van der Waals surface area contributed by atoms with E-state index in [2.05, 4.69) is 17.4 Å². The molecule has 4 N–H and O–H groups in total. The molecule has 2 heterocycles. The standard InChI is InChI=1S/C25H35N3O6/c29-23(27-33)21-14-18(22(26-25(31)32)17-9-12-34-13-10-17)6-7-20(21)24(30)28-11-8-19(15-28)16-4-2-1-3-5-16/h1-5,17-22,26,33H,6-15H2,(H,27,29)(H,31,32)/t18?,19-,20-,21-,22?/m0/s1. The summed E-state index contributed by atoms with van der Waals surface area (Å²) < 4.78 is 5.44. The molecule has 34 heavy (non-hydrogen) atoms. The molecule has 3 amide bonds. The van der Waals surface area contributed by atoms with Crippen LogP contribution in [0.2, 0.25) is 0 Å². The highest BCUT2D eigenvalue weighted by Crippen LogP contribution is 2.41. The van der Waals surface area contributed by atoms with Crippen molar-refractivity contribution in [3.05, 3.63) is 35.9 Å². The summed E-state index contributed by atoms with van der Waals surface area (Å²) in [6.07, 6.45) is 2.84. The molecule has 0 spiro atoms. The Labute approximate surface area is 199 Å². The normalized spacial score (nSPS) is 28.8. The highest BCUT2D eigenvalue weighted by atomic mass is 16.5. The van der Waals surface area contributed by atoms with Crippen molar-refractivity contribution in [2.75, 3.05) is 26.3 Å². The molecule has 4 rings (SSSR count). The number of carbonyl (C=O) groups is 3. The molecule has 0 aromatic heterocycles. The Hall–Kier alpha value is -2.65. The fraction of sp³-hybridized carbons (Fsp3) is 0.640. The SMILES string of the molecule is O=C(O)NC(C1CCOCC1)C1CC[C@H](C(=O)N2CC[C@H](c3ccccc3)C2)[C@@H](C(=O)NO)C1. The number of nitrogens with zero attached hydrogens (tertiary/aromatic N) is 1. The second-order valence-electron chi connectivity index (χ2n) is 9.87. The summed E-state index contributed by atoms with van der Waals surface area (Å²) in [7, 11) is 0. The molecule has 1 aromatic carbocycles. The fourth-order valence-corrected chi connectivity index (χ4v) is 6.23. The Bertz CT molecular complexity index is 859. The number of likely N-dealkylation sites (tertiary alicyclic amines) is 1. The van der Waals surface area contributed by atoms with Crippen LogP contribution in [-0.4, -0.2) is 65.5 Å². The lowest BCUT2D eigenvalue weighted by Crippen LogP contribution is -2.52. The number of ether oxygens (including phenoxy) is 1. The van der Waals surface area contributed by atoms with Gasteiger partial charge in [-0.15, -0.1) is 0 Å². The summed E-state index contributed by atoms with van der Waals surface area (Å²) in [6.45, 7) is 2.46. The van der Waals surface area contributed by atoms with E-state index in [1.165, 1.54) is 5.56 Å². The van der Waals surface area contributed by atoms with E-state index in [-0.39, 0.29) is 29.7 Å². The summed E-state index contributed by atoms with van der Waals surface area (Å²) >= 11 is 0. The van der Waals surface area contributed by atoms with E-state index < -0.39 is 23.8 Å². The van der Waals surface area contributed by atoms with Crippen LogP contribution in [-0.2, 0) is 14.3 Å². The number of rotatable bonds is 6. The Balaban J connectivity index is 1.46. The van der Waals surface area contributed by atoms with E-state index in [1.54, 1.807) is 5.48 Å². The first kappa shape index (κ1) is 24.5. The van der Waals surface area contributed by atoms with Crippen LogP contribution in [0.5, 0.6) is 0 Å². The third-order valence-corrected chi connectivity index (χ3v) is 8.00. The molecule has 5 atom stereocenters. The summed E-state index contributed by atoms with van der Waals surface area (Å²) in [5.74, 6) is -1.49. The number of hydrogen-bond acceptors (Lipinski definition) is 5. The topological polar surface area (TPSA) is 128 Å². The predicted molar refractivity (Wildman–Crippen MR) is 123 cm³/mol. The van der Waals surface area contributed by atoms with Gasteiger partial charge in [-0.2, -0.15) is 0 Å². The number of nitrogens with one attached hydrogen (secondary N) is 2. The van der Waals surface area contributed by atoms with Crippen LogP contribution >= 0.6 is 0 Å². The van der Waals surface area contributed by atoms with Gasteiger partial charge in [0.1, 0.15) is 0 Å². The van der Waals surface area contributed by atoms with Crippen molar-refractivity contribution in [1.82, 2.24) is 15.7 Å². The lowest BCUT2D eigenvalue weighted by Gasteiger charge is -2.42. The summed E-state index contributed by atoms with van der Waals surface area (Å²) in [6, 6.07) is 9.84. The molecule has 2 aliphatic heterocycles. The zero-order chi connectivity index (χ0) is 24.1. The van der Waals surface area contributed by atoms with Crippen molar-refractivity contribution in [2.24, 2.45) is 23.7 Å². The van der Waals surface area contributed by atoms with E-state index in [1.807, 2.05) is 23.1 Å². The van der Waals surface area contributed by atoms with E-state index in [0.29, 0.717) is 45.6 Å². The van der Waals surface area contributed by atoms with Crippen molar-refractivity contribution >= 4 is 17.9 Å². The van der Waals surface area contributed by atoms with Gasteiger partial charge in [-0.25, -0.2) is 10.3 Å². The summed E-state index contributed by atoms with van der Waals surface area (Å²) in [5.41, 5.74) is 2.97. The third kappa shape index (κ3) is 5.52. The molecule has 3 aliphatic rings. The number of carbonyl (C=O) groups excluding carboxylic acids is 2. The summed E-state index contributed by atoms with van der Waals surface area (Å²) in [4.78, 5) is 39.6. The molecule has 1 aromatic rings. The highest BCUT2D eigenvalue weighted by Gasteiger charge is 2.45. The lowest BCUT2D eigenvalue weighted by molar-refractivity contribution is -0.147. The Morgan fingerprint density at radius 3 is 2.38 bits per heavy atom. The minimum Gasteiger partial charge on any atom is -0.465 e. The van der Waals surface area contributed by atoms with E-state index in [9.17, 15) is 24.7 Å². The van der Waals surface area contributed by atoms with Gasteiger partial charge in [-0.3, -0.25) is 14.8 Å². The number of carboxylic acid groups (broad SMARTS) is 1. The number of benzene rings is 1. The van der Waals surface area contributed by atoms with Gasteiger partial charge >= 0.3 is 6.09 Å². The fourth-order valence-electron chi connectivity index (χ4n) is 6.23. The third-order valence-electron chi connectivity index (χ3n) is 8.00. The molecular weight excluding hydrogens is 438 g/mol. The number of hydrogen-bond donors (Lipinski definition) is 4. The van der Waals surface area contributed by atoms with Crippen LogP contribution in [0.4, 0.5) is 4.79 Å². The van der Waals surface area contributed by atoms with Crippen LogP contribution < -0.4 is 10.8 Å². The molecule has 186 valence electrons. The molecule has 0 bridgehead atoms. The van der Waals surface area contributed by atoms with Crippen molar-refractivity contribution in [3.63, 3.8) is 0 Å². The first-order valence-electron chi connectivity index (χ1n) is 12.3. The van der Waals surface area contributed by atoms with Gasteiger partial charge in [0.2, 0.25) is 11.8 Å². The van der Waals surface area contributed by atoms with E-state index in [4.69, 9.17) is 4.74 Å². The Morgan fingerprint density at radius 2 is 1.71 bits per heavy atom. The maximum Gasteiger partial charge on any atom is 0.404 e. The maximum absolute atomic E-state index is 13.5.